The lowest BCUT2D eigenvalue weighted by atomic mass is 10.3. The van der Waals surface area contributed by atoms with Crippen LogP contribution in [0.25, 0.3) is 11.2 Å². The molecule has 0 aromatic carbocycles. The molecule has 2 rings (SSSR count). The zero-order chi connectivity index (χ0) is 13.8. The summed E-state index contributed by atoms with van der Waals surface area (Å²) in [5.41, 5.74) is 8.79. The molecule has 0 aliphatic rings. The van der Waals surface area contributed by atoms with Crippen molar-refractivity contribution < 1.29 is 4.74 Å². The minimum Gasteiger partial charge on any atom is -0.379 e. The number of ether oxygens (including phenoxy) is 1. The number of unbranched alkanes of at least 4 members (excludes halogenated alkanes) is 1. The van der Waals surface area contributed by atoms with Gasteiger partial charge in [0.05, 0.1) is 6.10 Å². The number of anilines is 1. The summed E-state index contributed by atoms with van der Waals surface area (Å²) in [6.45, 7) is 7.72. The van der Waals surface area contributed by atoms with Gasteiger partial charge in [0.15, 0.2) is 5.65 Å². The minimum absolute atomic E-state index is 0.295. The van der Waals surface area contributed by atoms with Gasteiger partial charge in [0.1, 0.15) is 5.52 Å². The number of imidazole rings is 1. The Morgan fingerprint density at radius 2 is 2.16 bits per heavy atom. The smallest absolute Gasteiger partial charge is 0.202 e. The molecular weight excluding hydrogens is 240 g/mol. The van der Waals surface area contributed by atoms with E-state index in [0.717, 1.165) is 42.7 Å². The molecule has 0 aliphatic heterocycles. The van der Waals surface area contributed by atoms with Crippen molar-refractivity contribution in [2.75, 3.05) is 12.3 Å². The lowest BCUT2D eigenvalue weighted by Gasteiger charge is -2.08. The summed E-state index contributed by atoms with van der Waals surface area (Å²) >= 11 is 0. The van der Waals surface area contributed by atoms with E-state index >= 15 is 0 Å². The van der Waals surface area contributed by atoms with Gasteiger partial charge in [0, 0.05) is 19.3 Å². The number of nitrogens with two attached hydrogens (primary N) is 1. The molecule has 2 heterocycles. The van der Waals surface area contributed by atoms with Crippen LogP contribution in [0.1, 0.15) is 32.3 Å². The van der Waals surface area contributed by atoms with Crippen molar-refractivity contribution in [2.45, 2.75) is 46.3 Å². The molecule has 0 unspecified atom stereocenters. The third kappa shape index (κ3) is 3.44. The van der Waals surface area contributed by atoms with E-state index in [-0.39, 0.29) is 0 Å². The number of nitrogen functional groups attached to an aromatic ring is 1. The minimum atomic E-state index is 0.295. The molecule has 0 saturated heterocycles. The van der Waals surface area contributed by atoms with Crippen molar-refractivity contribution in [1.29, 1.82) is 0 Å². The number of fused-ring (bicyclic) bond motifs is 1. The van der Waals surface area contributed by atoms with Gasteiger partial charge in [0.25, 0.3) is 0 Å². The lowest BCUT2D eigenvalue weighted by Crippen LogP contribution is -2.07. The zero-order valence-corrected chi connectivity index (χ0v) is 11.9. The third-order valence-corrected chi connectivity index (χ3v) is 2.98. The first-order valence-corrected chi connectivity index (χ1v) is 6.78. The second-order valence-electron chi connectivity index (χ2n) is 5.10. The second-order valence-corrected chi connectivity index (χ2v) is 5.10. The van der Waals surface area contributed by atoms with E-state index in [1.165, 1.54) is 0 Å². The van der Waals surface area contributed by atoms with Crippen LogP contribution in [0.4, 0.5) is 5.95 Å². The topological polar surface area (TPSA) is 66.0 Å². The molecule has 2 aromatic rings. The molecule has 0 spiro atoms. The molecule has 0 radical (unpaired) electrons. The van der Waals surface area contributed by atoms with E-state index in [9.17, 15) is 0 Å². The number of aryl methyl sites for hydroxylation is 2. The summed E-state index contributed by atoms with van der Waals surface area (Å²) in [5, 5.41) is 0. The van der Waals surface area contributed by atoms with E-state index in [0.29, 0.717) is 12.1 Å². The Morgan fingerprint density at radius 1 is 1.37 bits per heavy atom. The van der Waals surface area contributed by atoms with E-state index in [4.69, 9.17) is 10.5 Å². The molecule has 0 saturated carbocycles. The summed E-state index contributed by atoms with van der Waals surface area (Å²) in [7, 11) is 0. The van der Waals surface area contributed by atoms with Gasteiger partial charge in [-0.2, -0.15) is 0 Å². The quantitative estimate of drug-likeness (QED) is 0.812. The molecule has 0 aliphatic carbocycles. The molecule has 2 N–H and O–H groups in total. The van der Waals surface area contributed by atoms with E-state index in [1.54, 1.807) is 0 Å². The molecule has 0 atom stereocenters. The highest BCUT2D eigenvalue weighted by Crippen LogP contribution is 2.17. The Hall–Kier alpha value is -1.62. The van der Waals surface area contributed by atoms with Crippen LogP contribution in [-0.4, -0.2) is 27.2 Å². The number of rotatable bonds is 6. The van der Waals surface area contributed by atoms with Gasteiger partial charge < -0.3 is 10.5 Å². The summed E-state index contributed by atoms with van der Waals surface area (Å²) < 4.78 is 7.50. The van der Waals surface area contributed by atoms with Crippen molar-refractivity contribution in [3.8, 4) is 0 Å². The van der Waals surface area contributed by atoms with Crippen LogP contribution in [0.5, 0.6) is 0 Å². The maximum atomic E-state index is 5.95. The van der Waals surface area contributed by atoms with Gasteiger partial charge in [-0.05, 0) is 45.2 Å². The molecule has 5 nitrogen and oxygen atoms in total. The molecule has 5 heteroatoms. The molecule has 0 amide bonds. The Bertz CT molecular complexity index is 548. The summed E-state index contributed by atoms with van der Waals surface area (Å²) in [5.74, 6) is 0.540. The van der Waals surface area contributed by atoms with Crippen LogP contribution in [0.15, 0.2) is 12.3 Å². The average Bonchev–Trinajstić information content (AvgIpc) is 2.64. The highest BCUT2D eigenvalue weighted by molar-refractivity contribution is 5.74. The largest absolute Gasteiger partial charge is 0.379 e. The number of hydrogen-bond acceptors (Lipinski definition) is 4. The molecule has 2 aromatic heterocycles. The van der Waals surface area contributed by atoms with Gasteiger partial charge in [-0.15, -0.1) is 0 Å². The highest BCUT2D eigenvalue weighted by Gasteiger charge is 2.09. The Morgan fingerprint density at radius 3 is 2.89 bits per heavy atom. The van der Waals surface area contributed by atoms with Crippen LogP contribution >= 0.6 is 0 Å². The van der Waals surface area contributed by atoms with Gasteiger partial charge in [-0.1, -0.05) is 0 Å². The molecule has 19 heavy (non-hydrogen) atoms. The van der Waals surface area contributed by atoms with Crippen LogP contribution in [0.3, 0.4) is 0 Å². The van der Waals surface area contributed by atoms with Gasteiger partial charge in [0.2, 0.25) is 5.95 Å². The molecule has 0 fully saturated rings. The Balaban J connectivity index is 1.98. The Kier molecular flexibility index (Phi) is 4.37. The predicted octanol–water partition coefficient (Wildman–Crippen LogP) is 2.53. The fourth-order valence-electron chi connectivity index (χ4n) is 2.04. The fourth-order valence-corrected chi connectivity index (χ4v) is 2.04. The van der Waals surface area contributed by atoms with Gasteiger partial charge in [-0.25, -0.2) is 9.97 Å². The van der Waals surface area contributed by atoms with Crippen LogP contribution in [-0.2, 0) is 11.3 Å². The average molecular weight is 262 g/mol. The SMILES string of the molecule is Cc1cnc2c(c1)nc(N)n2CCCCOC(C)C. The first kappa shape index (κ1) is 13.8. The first-order valence-electron chi connectivity index (χ1n) is 6.78. The summed E-state index contributed by atoms with van der Waals surface area (Å²) in [6, 6.07) is 2.01. The maximum Gasteiger partial charge on any atom is 0.202 e. The normalized spacial score (nSPS) is 11.6. The number of pyridine rings is 1. The van der Waals surface area contributed by atoms with Crippen molar-refractivity contribution in [2.24, 2.45) is 0 Å². The first-order chi connectivity index (χ1) is 9.08. The van der Waals surface area contributed by atoms with Crippen molar-refractivity contribution >= 4 is 17.1 Å². The number of nitrogens with zero attached hydrogens (tertiary/aromatic N) is 3. The van der Waals surface area contributed by atoms with E-state index in [1.807, 2.05) is 37.6 Å². The predicted molar refractivity (Wildman–Crippen MR) is 77.0 cm³/mol. The highest BCUT2D eigenvalue weighted by atomic mass is 16.5. The summed E-state index contributed by atoms with van der Waals surface area (Å²) in [4.78, 5) is 8.77. The number of hydrogen-bond donors (Lipinski definition) is 1. The molecule has 104 valence electrons. The van der Waals surface area contributed by atoms with Gasteiger partial charge >= 0.3 is 0 Å². The van der Waals surface area contributed by atoms with Crippen molar-refractivity contribution in [3.05, 3.63) is 17.8 Å². The Labute approximate surface area is 113 Å². The molecule has 0 bridgehead atoms. The third-order valence-electron chi connectivity index (χ3n) is 2.98. The van der Waals surface area contributed by atoms with E-state index < -0.39 is 0 Å². The van der Waals surface area contributed by atoms with Gasteiger partial charge in [-0.3, -0.25) is 4.57 Å². The fraction of sp³-hybridized carbons (Fsp3) is 0.571. The summed E-state index contributed by atoms with van der Waals surface area (Å²) in [6.07, 6.45) is 4.17. The van der Waals surface area contributed by atoms with Crippen LogP contribution in [0, 0.1) is 6.92 Å². The monoisotopic (exact) mass is 262 g/mol. The standard InChI is InChI=1S/C14H22N4O/c1-10(2)19-7-5-4-6-18-13-12(17-14(18)15)8-11(3)9-16-13/h8-10H,4-7H2,1-3H3,(H2,15,17). The number of aromatic nitrogens is 3. The zero-order valence-electron chi connectivity index (χ0n) is 11.9. The second kappa shape index (κ2) is 6.02. The van der Waals surface area contributed by atoms with Crippen molar-refractivity contribution in [1.82, 2.24) is 14.5 Å². The van der Waals surface area contributed by atoms with E-state index in [2.05, 4.69) is 9.97 Å². The van der Waals surface area contributed by atoms with Crippen LogP contribution in [0.2, 0.25) is 0 Å². The molecular formula is C14H22N4O. The maximum absolute atomic E-state index is 5.95. The lowest BCUT2D eigenvalue weighted by molar-refractivity contribution is 0.0755. The van der Waals surface area contributed by atoms with Crippen LogP contribution < -0.4 is 5.73 Å². The van der Waals surface area contributed by atoms with Crippen molar-refractivity contribution in [3.63, 3.8) is 0 Å².